The van der Waals surface area contributed by atoms with Gasteiger partial charge in [-0.25, -0.2) is 0 Å². The molecule has 0 radical (unpaired) electrons. The molecule has 23 heavy (non-hydrogen) atoms. The van der Waals surface area contributed by atoms with Gasteiger partial charge in [0, 0.05) is 24.0 Å². The first-order valence-corrected chi connectivity index (χ1v) is 7.89. The fourth-order valence-corrected chi connectivity index (χ4v) is 3.37. The molecule has 0 aromatic heterocycles. The average Bonchev–Trinajstić information content (AvgIpc) is 2.89. The van der Waals surface area contributed by atoms with Crippen molar-refractivity contribution >= 4 is 11.4 Å². The summed E-state index contributed by atoms with van der Waals surface area (Å²) >= 11 is 0. The summed E-state index contributed by atoms with van der Waals surface area (Å²) in [5.74, 6) is 0.630. The lowest BCUT2D eigenvalue weighted by atomic mass is 9.91. The number of nitrogens with zero attached hydrogens (tertiary/aromatic N) is 2. The molecule has 118 valence electrons. The molecule has 2 aromatic carbocycles. The van der Waals surface area contributed by atoms with Gasteiger partial charge in [-0.05, 0) is 35.7 Å². The third-order valence-electron chi connectivity index (χ3n) is 4.42. The predicted octanol–water partition coefficient (Wildman–Crippen LogP) is 3.86. The average molecular weight is 307 g/mol. The molecule has 1 aliphatic rings. The van der Waals surface area contributed by atoms with Gasteiger partial charge >= 0.3 is 0 Å². The topological polar surface area (TPSA) is 62.3 Å². The summed E-state index contributed by atoms with van der Waals surface area (Å²) in [6.07, 6.45) is 1.01. The standard InChI is InChI=1S/C19H21N3O/c1-3-10-22-18-11-15(23-2)8-9-16(18)17(12-20)19(22)13-4-6-14(21)7-5-13/h4-9,11,17,19H,3,10,21H2,1-2H3. The molecular formula is C19H21N3O. The van der Waals surface area contributed by atoms with Gasteiger partial charge in [0.25, 0.3) is 0 Å². The van der Waals surface area contributed by atoms with Crippen molar-refractivity contribution in [3.05, 3.63) is 53.6 Å². The van der Waals surface area contributed by atoms with Gasteiger partial charge in [-0.15, -0.1) is 0 Å². The predicted molar refractivity (Wildman–Crippen MR) is 92.6 cm³/mol. The Morgan fingerprint density at radius 1 is 1.22 bits per heavy atom. The molecule has 0 saturated carbocycles. The SMILES string of the molecule is CCCN1c2cc(OC)ccc2C(C#N)C1c1ccc(N)cc1. The number of anilines is 2. The fourth-order valence-electron chi connectivity index (χ4n) is 3.37. The minimum absolute atomic E-state index is 0.0163. The smallest absolute Gasteiger partial charge is 0.120 e. The Balaban J connectivity index is 2.11. The lowest BCUT2D eigenvalue weighted by Crippen LogP contribution is -2.27. The molecule has 2 aromatic rings. The number of benzene rings is 2. The Morgan fingerprint density at radius 3 is 2.57 bits per heavy atom. The highest BCUT2D eigenvalue weighted by molar-refractivity contribution is 5.67. The van der Waals surface area contributed by atoms with E-state index in [1.165, 1.54) is 0 Å². The molecular weight excluding hydrogens is 286 g/mol. The van der Waals surface area contributed by atoms with Crippen molar-refractivity contribution in [1.29, 1.82) is 5.26 Å². The van der Waals surface area contributed by atoms with E-state index in [-0.39, 0.29) is 12.0 Å². The number of ether oxygens (including phenoxy) is 1. The second kappa shape index (κ2) is 6.21. The van der Waals surface area contributed by atoms with Crippen molar-refractivity contribution < 1.29 is 4.74 Å². The third-order valence-corrected chi connectivity index (χ3v) is 4.42. The van der Waals surface area contributed by atoms with Crippen LogP contribution in [0.3, 0.4) is 0 Å². The second-order valence-corrected chi connectivity index (χ2v) is 5.84. The summed E-state index contributed by atoms with van der Waals surface area (Å²) in [4.78, 5) is 2.32. The summed E-state index contributed by atoms with van der Waals surface area (Å²) in [6.45, 7) is 3.05. The highest BCUT2D eigenvalue weighted by Gasteiger charge is 2.39. The van der Waals surface area contributed by atoms with Gasteiger partial charge in [0.15, 0.2) is 0 Å². The maximum atomic E-state index is 9.78. The van der Waals surface area contributed by atoms with E-state index in [1.54, 1.807) is 7.11 Å². The van der Waals surface area contributed by atoms with Crippen LogP contribution in [-0.2, 0) is 0 Å². The van der Waals surface area contributed by atoms with Crippen LogP contribution in [0, 0.1) is 11.3 Å². The van der Waals surface area contributed by atoms with Crippen LogP contribution in [0.4, 0.5) is 11.4 Å². The highest BCUT2D eigenvalue weighted by atomic mass is 16.5. The van der Waals surface area contributed by atoms with E-state index in [0.29, 0.717) is 0 Å². The highest BCUT2D eigenvalue weighted by Crippen LogP contribution is 2.49. The van der Waals surface area contributed by atoms with Gasteiger partial charge < -0.3 is 15.4 Å². The van der Waals surface area contributed by atoms with Crippen molar-refractivity contribution in [3.8, 4) is 11.8 Å². The zero-order valence-electron chi connectivity index (χ0n) is 13.5. The van der Waals surface area contributed by atoms with Gasteiger partial charge in [-0.3, -0.25) is 0 Å². The van der Waals surface area contributed by atoms with Crippen LogP contribution >= 0.6 is 0 Å². The summed E-state index contributed by atoms with van der Waals surface area (Å²) in [5, 5.41) is 9.78. The number of nitrogen functional groups attached to an aromatic ring is 1. The summed E-state index contributed by atoms with van der Waals surface area (Å²) < 4.78 is 5.37. The van der Waals surface area contributed by atoms with Gasteiger partial charge in [0.2, 0.25) is 0 Å². The van der Waals surface area contributed by atoms with E-state index in [2.05, 4.69) is 17.9 Å². The number of nitriles is 1. The molecule has 0 aliphatic carbocycles. The monoisotopic (exact) mass is 307 g/mol. The first-order chi connectivity index (χ1) is 11.2. The largest absolute Gasteiger partial charge is 0.497 e. The Hall–Kier alpha value is -2.67. The Kier molecular flexibility index (Phi) is 4.12. The molecule has 3 rings (SSSR count). The molecule has 2 unspecified atom stereocenters. The van der Waals surface area contributed by atoms with E-state index in [4.69, 9.17) is 10.5 Å². The molecule has 2 N–H and O–H groups in total. The number of fused-ring (bicyclic) bond motifs is 1. The maximum absolute atomic E-state index is 9.78. The van der Waals surface area contributed by atoms with E-state index < -0.39 is 0 Å². The number of rotatable bonds is 4. The minimum atomic E-state index is -0.189. The van der Waals surface area contributed by atoms with Crippen LogP contribution < -0.4 is 15.4 Å². The summed E-state index contributed by atoms with van der Waals surface area (Å²) in [7, 11) is 1.67. The first-order valence-electron chi connectivity index (χ1n) is 7.89. The van der Waals surface area contributed by atoms with Crippen LogP contribution in [0.1, 0.15) is 36.4 Å². The lowest BCUT2D eigenvalue weighted by Gasteiger charge is -2.29. The van der Waals surface area contributed by atoms with E-state index in [0.717, 1.165) is 41.2 Å². The van der Waals surface area contributed by atoms with Crippen molar-refractivity contribution in [2.75, 3.05) is 24.3 Å². The molecule has 4 nitrogen and oxygen atoms in total. The number of hydrogen-bond donors (Lipinski definition) is 1. The zero-order chi connectivity index (χ0) is 16.4. The van der Waals surface area contributed by atoms with Crippen LogP contribution in [0.5, 0.6) is 5.75 Å². The van der Waals surface area contributed by atoms with Crippen molar-refractivity contribution in [3.63, 3.8) is 0 Å². The minimum Gasteiger partial charge on any atom is -0.497 e. The van der Waals surface area contributed by atoms with Crippen molar-refractivity contribution in [2.24, 2.45) is 0 Å². The van der Waals surface area contributed by atoms with Crippen LogP contribution in [-0.4, -0.2) is 13.7 Å². The number of hydrogen-bond acceptors (Lipinski definition) is 4. The molecule has 1 heterocycles. The third kappa shape index (κ3) is 2.59. The quantitative estimate of drug-likeness (QED) is 0.871. The summed E-state index contributed by atoms with van der Waals surface area (Å²) in [5.41, 5.74) is 9.84. The molecule has 0 spiro atoms. The lowest BCUT2D eigenvalue weighted by molar-refractivity contribution is 0.415. The first kappa shape index (κ1) is 15.2. The van der Waals surface area contributed by atoms with E-state index in [9.17, 15) is 5.26 Å². The van der Waals surface area contributed by atoms with Gasteiger partial charge in [0.05, 0.1) is 25.1 Å². The van der Waals surface area contributed by atoms with Crippen LogP contribution in [0.15, 0.2) is 42.5 Å². The molecule has 2 atom stereocenters. The Morgan fingerprint density at radius 2 is 1.96 bits per heavy atom. The zero-order valence-corrected chi connectivity index (χ0v) is 13.5. The van der Waals surface area contributed by atoms with E-state index >= 15 is 0 Å². The van der Waals surface area contributed by atoms with Gasteiger partial charge in [-0.1, -0.05) is 25.1 Å². The molecule has 0 amide bonds. The van der Waals surface area contributed by atoms with Gasteiger partial charge in [-0.2, -0.15) is 5.26 Å². The molecule has 0 bridgehead atoms. The Labute approximate surface area is 137 Å². The molecule has 1 aliphatic heterocycles. The normalized spacial score (nSPS) is 19.3. The molecule has 0 saturated heterocycles. The Bertz CT molecular complexity index is 733. The van der Waals surface area contributed by atoms with Crippen molar-refractivity contribution in [2.45, 2.75) is 25.3 Å². The molecule has 4 heteroatoms. The fraction of sp³-hybridized carbons (Fsp3) is 0.316. The van der Waals surface area contributed by atoms with Crippen LogP contribution in [0.2, 0.25) is 0 Å². The second-order valence-electron chi connectivity index (χ2n) is 5.84. The van der Waals surface area contributed by atoms with Crippen molar-refractivity contribution in [1.82, 2.24) is 0 Å². The van der Waals surface area contributed by atoms with E-state index in [1.807, 2.05) is 42.5 Å². The van der Waals surface area contributed by atoms with Crippen LogP contribution in [0.25, 0.3) is 0 Å². The number of methoxy groups -OCH3 is 1. The number of nitrogens with two attached hydrogens (primary N) is 1. The summed E-state index contributed by atoms with van der Waals surface area (Å²) in [6, 6.07) is 16.3. The maximum Gasteiger partial charge on any atom is 0.120 e. The van der Waals surface area contributed by atoms with Gasteiger partial charge in [0.1, 0.15) is 5.75 Å². The molecule has 0 fully saturated rings.